The van der Waals surface area contributed by atoms with Gasteiger partial charge in [0.15, 0.2) is 11.5 Å². The number of amidine groups is 1. The fourth-order valence-corrected chi connectivity index (χ4v) is 3.14. The molecule has 3 rings (SSSR count). The largest absolute Gasteiger partial charge is 0.496 e. The van der Waals surface area contributed by atoms with E-state index in [0.29, 0.717) is 41.6 Å². The van der Waals surface area contributed by atoms with Crippen molar-refractivity contribution in [3.63, 3.8) is 0 Å². The van der Waals surface area contributed by atoms with Crippen LogP contribution in [-0.2, 0) is 11.2 Å². The van der Waals surface area contributed by atoms with Gasteiger partial charge in [0, 0.05) is 6.42 Å². The van der Waals surface area contributed by atoms with Crippen molar-refractivity contribution in [2.75, 3.05) is 28.4 Å². The number of carbonyl (C=O) groups is 1. The number of aryl methyl sites for hydroxylation is 1. The van der Waals surface area contributed by atoms with Gasteiger partial charge >= 0.3 is 0 Å². The third-order valence-corrected chi connectivity index (χ3v) is 4.56. The Morgan fingerprint density at radius 2 is 1.55 bits per heavy atom. The van der Waals surface area contributed by atoms with Crippen LogP contribution in [0.3, 0.4) is 0 Å². The van der Waals surface area contributed by atoms with Crippen molar-refractivity contribution in [1.82, 2.24) is 5.32 Å². The Hall–Kier alpha value is -3.48. The van der Waals surface area contributed by atoms with Crippen molar-refractivity contribution in [2.45, 2.75) is 12.8 Å². The van der Waals surface area contributed by atoms with Crippen molar-refractivity contribution in [1.29, 1.82) is 0 Å². The molecule has 0 spiro atoms. The predicted molar refractivity (Wildman–Crippen MR) is 111 cm³/mol. The number of nitrogens with zero attached hydrogens (tertiary/aromatic N) is 1. The van der Waals surface area contributed by atoms with Crippen LogP contribution in [0.25, 0.3) is 6.08 Å². The third-order valence-electron chi connectivity index (χ3n) is 4.56. The summed E-state index contributed by atoms with van der Waals surface area (Å²) in [6, 6.07) is 11.3. The zero-order valence-corrected chi connectivity index (χ0v) is 16.9. The van der Waals surface area contributed by atoms with Gasteiger partial charge in [-0.05, 0) is 41.8 Å². The van der Waals surface area contributed by atoms with Gasteiger partial charge < -0.3 is 24.3 Å². The molecule has 152 valence electrons. The van der Waals surface area contributed by atoms with Gasteiger partial charge in [-0.1, -0.05) is 18.2 Å². The predicted octanol–water partition coefficient (Wildman–Crippen LogP) is 3.22. The number of aliphatic imine (C=N–C) groups is 1. The molecule has 1 N–H and O–H groups in total. The van der Waals surface area contributed by atoms with Gasteiger partial charge in [0.2, 0.25) is 5.75 Å². The lowest BCUT2D eigenvalue weighted by atomic mass is 10.1. The molecule has 1 heterocycles. The van der Waals surface area contributed by atoms with E-state index in [1.54, 1.807) is 46.6 Å². The normalized spacial score (nSPS) is 14.4. The standard InChI is InChI=1S/C22H24N2O5/c1-26-17-8-6-5-7-15(17)9-10-20-23-16(22(25)24-20)11-14-12-18(27-2)21(29-4)19(13-14)28-3/h5-8,11-13H,9-10H2,1-4H3,(H,23,24,25)/b16-11+. The summed E-state index contributed by atoms with van der Waals surface area (Å²) in [7, 11) is 6.28. The summed E-state index contributed by atoms with van der Waals surface area (Å²) in [5.74, 6) is 2.72. The lowest BCUT2D eigenvalue weighted by Crippen LogP contribution is -2.24. The Bertz CT molecular complexity index is 940. The molecule has 1 amide bonds. The lowest BCUT2D eigenvalue weighted by molar-refractivity contribution is -0.115. The van der Waals surface area contributed by atoms with Gasteiger partial charge in [-0.3, -0.25) is 4.79 Å². The molecule has 0 radical (unpaired) electrons. The van der Waals surface area contributed by atoms with E-state index in [-0.39, 0.29) is 5.91 Å². The van der Waals surface area contributed by atoms with Gasteiger partial charge in [0.25, 0.3) is 5.91 Å². The molecule has 0 aromatic heterocycles. The van der Waals surface area contributed by atoms with Crippen LogP contribution in [0.5, 0.6) is 23.0 Å². The summed E-state index contributed by atoms with van der Waals surface area (Å²) < 4.78 is 21.4. The lowest BCUT2D eigenvalue weighted by Gasteiger charge is -2.12. The zero-order chi connectivity index (χ0) is 20.8. The SMILES string of the molecule is COc1ccccc1CCC1=N/C(=C/c2cc(OC)c(OC)c(OC)c2)C(=O)N1. The minimum Gasteiger partial charge on any atom is -0.496 e. The van der Waals surface area contributed by atoms with E-state index in [1.165, 1.54) is 0 Å². The van der Waals surface area contributed by atoms with Crippen molar-refractivity contribution < 1.29 is 23.7 Å². The van der Waals surface area contributed by atoms with E-state index in [1.807, 2.05) is 24.3 Å². The number of hydrogen-bond donors (Lipinski definition) is 1. The van der Waals surface area contributed by atoms with E-state index < -0.39 is 0 Å². The Balaban J connectivity index is 1.81. The molecule has 7 nitrogen and oxygen atoms in total. The first-order valence-electron chi connectivity index (χ1n) is 9.12. The maximum Gasteiger partial charge on any atom is 0.275 e. The minimum absolute atomic E-state index is 0.242. The molecule has 2 aromatic rings. The molecule has 2 aromatic carbocycles. The third kappa shape index (κ3) is 4.51. The van der Waals surface area contributed by atoms with E-state index in [4.69, 9.17) is 18.9 Å². The van der Waals surface area contributed by atoms with Crippen LogP contribution in [0.1, 0.15) is 17.5 Å². The van der Waals surface area contributed by atoms with Crippen LogP contribution in [-0.4, -0.2) is 40.2 Å². The molecule has 0 atom stereocenters. The average Bonchev–Trinajstić information content (AvgIpc) is 3.10. The maximum atomic E-state index is 12.3. The second-order valence-electron chi connectivity index (χ2n) is 6.31. The fraction of sp³-hybridized carbons (Fsp3) is 0.273. The quantitative estimate of drug-likeness (QED) is 0.693. The molecular weight excluding hydrogens is 372 g/mol. The van der Waals surface area contributed by atoms with E-state index in [2.05, 4.69) is 10.3 Å². The number of benzene rings is 2. The number of amides is 1. The molecule has 29 heavy (non-hydrogen) atoms. The first-order valence-corrected chi connectivity index (χ1v) is 9.12. The minimum atomic E-state index is -0.242. The smallest absolute Gasteiger partial charge is 0.275 e. The molecule has 0 fully saturated rings. The molecule has 0 saturated carbocycles. The van der Waals surface area contributed by atoms with Crippen LogP contribution in [0.2, 0.25) is 0 Å². The molecule has 0 bridgehead atoms. The number of methoxy groups -OCH3 is 4. The van der Waals surface area contributed by atoms with E-state index >= 15 is 0 Å². The van der Waals surface area contributed by atoms with Gasteiger partial charge in [-0.15, -0.1) is 0 Å². The van der Waals surface area contributed by atoms with Crippen molar-refractivity contribution in [3.8, 4) is 23.0 Å². The van der Waals surface area contributed by atoms with Gasteiger partial charge in [0.1, 0.15) is 17.3 Å². The van der Waals surface area contributed by atoms with E-state index in [9.17, 15) is 4.79 Å². The molecule has 0 aliphatic carbocycles. The molecule has 0 unspecified atom stereocenters. The van der Waals surface area contributed by atoms with Crippen molar-refractivity contribution >= 4 is 17.8 Å². The Morgan fingerprint density at radius 3 is 2.17 bits per heavy atom. The summed E-state index contributed by atoms with van der Waals surface area (Å²) in [5.41, 5.74) is 2.11. The molecular formula is C22H24N2O5. The monoisotopic (exact) mass is 396 g/mol. The first-order chi connectivity index (χ1) is 14.1. The second kappa shape index (κ2) is 9.14. The highest BCUT2D eigenvalue weighted by Crippen LogP contribution is 2.38. The summed E-state index contributed by atoms with van der Waals surface area (Å²) in [5, 5.41) is 2.83. The Morgan fingerprint density at radius 1 is 0.897 bits per heavy atom. The van der Waals surface area contributed by atoms with Gasteiger partial charge in [-0.2, -0.15) is 0 Å². The number of rotatable bonds is 8. The number of hydrogen-bond acceptors (Lipinski definition) is 6. The van der Waals surface area contributed by atoms with Crippen LogP contribution in [0, 0.1) is 0 Å². The number of ether oxygens (including phenoxy) is 4. The van der Waals surface area contributed by atoms with Gasteiger partial charge in [0.05, 0.1) is 28.4 Å². The highest BCUT2D eigenvalue weighted by atomic mass is 16.5. The van der Waals surface area contributed by atoms with Crippen LogP contribution >= 0.6 is 0 Å². The fourth-order valence-electron chi connectivity index (χ4n) is 3.14. The molecule has 1 aliphatic heterocycles. The van der Waals surface area contributed by atoms with Crippen LogP contribution in [0.15, 0.2) is 47.1 Å². The van der Waals surface area contributed by atoms with Crippen LogP contribution < -0.4 is 24.3 Å². The summed E-state index contributed by atoms with van der Waals surface area (Å²) in [6.07, 6.45) is 3.00. The Labute approximate surface area is 170 Å². The van der Waals surface area contributed by atoms with Crippen molar-refractivity contribution in [2.24, 2.45) is 4.99 Å². The molecule has 0 saturated heterocycles. The Kier molecular flexibility index (Phi) is 6.39. The van der Waals surface area contributed by atoms with E-state index in [0.717, 1.165) is 16.9 Å². The first kappa shape index (κ1) is 20.3. The summed E-state index contributed by atoms with van der Waals surface area (Å²) >= 11 is 0. The number of para-hydroxylation sites is 1. The van der Waals surface area contributed by atoms with Crippen LogP contribution in [0.4, 0.5) is 0 Å². The average molecular weight is 396 g/mol. The maximum absolute atomic E-state index is 12.3. The molecule has 7 heteroatoms. The topological polar surface area (TPSA) is 78.4 Å². The number of nitrogens with one attached hydrogen (secondary N) is 1. The number of carbonyl (C=O) groups excluding carboxylic acids is 1. The summed E-state index contributed by atoms with van der Waals surface area (Å²) in [4.78, 5) is 16.8. The van der Waals surface area contributed by atoms with Gasteiger partial charge in [-0.25, -0.2) is 4.99 Å². The highest BCUT2D eigenvalue weighted by Gasteiger charge is 2.21. The highest BCUT2D eigenvalue weighted by molar-refractivity contribution is 6.14. The van der Waals surface area contributed by atoms with Crippen molar-refractivity contribution in [3.05, 3.63) is 53.2 Å². The second-order valence-corrected chi connectivity index (χ2v) is 6.31. The molecule has 1 aliphatic rings. The summed E-state index contributed by atoms with van der Waals surface area (Å²) in [6.45, 7) is 0. The zero-order valence-electron chi connectivity index (χ0n) is 16.9.